The Balaban J connectivity index is 1.36. The minimum absolute atomic E-state index is 0.000532. The molecule has 0 saturated carbocycles. The fourth-order valence-electron chi connectivity index (χ4n) is 6.87. The number of likely N-dealkylation sites (tertiary alicyclic amines) is 1. The van der Waals surface area contributed by atoms with Gasteiger partial charge in [0.15, 0.2) is 11.5 Å². The molecule has 2 aromatic carbocycles. The number of likely N-dealkylation sites (N-methyl/N-ethyl adjacent to an activating group) is 2. The molecule has 6 nitrogen and oxygen atoms in total. The minimum atomic E-state index is -4.47. The van der Waals surface area contributed by atoms with Crippen LogP contribution in [0.5, 0.6) is 11.5 Å². The number of aliphatic hydroxyl groups is 1. The number of alkyl halides is 3. The van der Waals surface area contributed by atoms with Gasteiger partial charge in [-0.05, 0) is 61.8 Å². The van der Waals surface area contributed by atoms with Crippen LogP contribution in [0, 0.1) is 0 Å². The first kappa shape index (κ1) is 24.1. The van der Waals surface area contributed by atoms with E-state index in [2.05, 4.69) is 4.90 Å². The first-order valence-electron chi connectivity index (χ1n) is 12.2. The van der Waals surface area contributed by atoms with Crippen LogP contribution in [0.15, 0.2) is 54.6 Å². The summed E-state index contributed by atoms with van der Waals surface area (Å²) in [6.07, 6.45) is 2.22. The molecule has 0 unspecified atom stereocenters. The summed E-state index contributed by atoms with van der Waals surface area (Å²) in [7, 11) is 3.60. The molecule has 5 atom stereocenters. The van der Waals surface area contributed by atoms with Crippen molar-refractivity contribution in [1.29, 1.82) is 0 Å². The summed E-state index contributed by atoms with van der Waals surface area (Å²) in [4.78, 5) is 16.8. The molecule has 1 fully saturated rings. The van der Waals surface area contributed by atoms with E-state index in [1.165, 1.54) is 29.2 Å². The van der Waals surface area contributed by atoms with E-state index in [0.717, 1.165) is 29.8 Å². The Kier molecular flexibility index (Phi) is 5.10. The number of nitrogens with zero attached hydrogens (tertiary/aromatic N) is 2. The molecule has 0 aromatic heterocycles. The van der Waals surface area contributed by atoms with E-state index in [1.54, 1.807) is 25.3 Å². The van der Waals surface area contributed by atoms with Gasteiger partial charge in [-0.2, -0.15) is 13.2 Å². The lowest BCUT2D eigenvalue weighted by molar-refractivity contribution is -0.150. The van der Waals surface area contributed by atoms with Gasteiger partial charge in [-0.15, -0.1) is 0 Å². The quantitative estimate of drug-likeness (QED) is 0.487. The van der Waals surface area contributed by atoms with E-state index in [-0.39, 0.29) is 17.4 Å². The maximum atomic E-state index is 13.2. The third-order valence-electron chi connectivity index (χ3n) is 8.71. The second-order valence-corrected chi connectivity index (χ2v) is 10.5. The van der Waals surface area contributed by atoms with Gasteiger partial charge >= 0.3 is 6.18 Å². The molecule has 2 aliphatic carbocycles. The van der Waals surface area contributed by atoms with Crippen LogP contribution in [0.25, 0.3) is 6.08 Å². The summed E-state index contributed by atoms with van der Waals surface area (Å²) in [6.45, 7) is 0.717. The maximum Gasteiger partial charge on any atom is 0.416 e. The minimum Gasteiger partial charge on any atom is -0.504 e. The number of hydrogen-bond donors (Lipinski definition) is 2. The Bertz CT molecular complexity index is 1360. The molecule has 2 N–H and O–H groups in total. The molecular formula is C28H27F3N2O4. The summed E-state index contributed by atoms with van der Waals surface area (Å²) >= 11 is 0. The molecule has 2 heterocycles. The molecule has 1 saturated heterocycles. The highest BCUT2D eigenvalue weighted by Crippen LogP contribution is 2.64. The predicted molar refractivity (Wildman–Crippen MR) is 130 cm³/mol. The van der Waals surface area contributed by atoms with Gasteiger partial charge in [0.1, 0.15) is 11.7 Å². The van der Waals surface area contributed by atoms with E-state index < -0.39 is 40.8 Å². The fourth-order valence-corrected chi connectivity index (χ4v) is 6.87. The van der Waals surface area contributed by atoms with E-state index >= 15 is 0 Å². The normalized spacial score (nSPS) is 31.8. The summed E-state index contributed by atoms with van der Waals surface area (Å²) < 4.78 is 45.6. The molecule has 194 valence electrons. The standard InChI is InChI=1S/C28H27F3N2O4/c1-32-13-12-26-23-17-7-8-20(34)24(23)37-25(26)19(10-11-27(26,36)21(32)15-17)33(2)22(35)9-6-16-4-3-5-18(14-16)28(29,30)31/h3-11,14,19,21,25,34,36H,12-13,15H2,1-2H3/t19-,21-,25+,26+,27-/m1/s1. The number of aromatic hydroxyl groups is 1. The van der Waals surface area contributed by atoms with Crippen molar-refractivity contribution in [1.82, 2.24) is 9.80 Å². The van der Waals surface area contributed by atoms with Gasteiger partial charge in [0, 0.05) is 24.7 Å². The van der Waals surface area contributed by atoms with Crippen molar-refractivity contribution in [3.63, 3.8) is 0 Å². The van der Waals surface area contributed by atoms with E-state index in [1.807, 2.05) is 13.1 Å². The highest BCUT2D eigenvalue weighted by Gasteiger charge is 2.71. The Morgan fingerprint density at radius 1 is 1.27 bits per heavy atom. The van der Waals surface area contributed by atoms with Crippen molar-refractivity contribution in [2.45, 2.75) is 48.2 Å². The monoisotopic (exact) mass is 512 g/mol. The molecule has 4 aliphatic rings. The van der Waals surface area contributed by atoms with Crippen LogP contribution in [-0.4, -0.2) is 70.3 Å². The second-order valence-electron chi connectivity index (χ2n) is 10.5. The Labute approximate surface area is 212 Å². The molecule has 0 radical (unpaired) electrons. The van der Waals surface area contributed by atoms with Crippen molar-refractivity contribution in [2.24, 2.45) is 0 Å². The van der Waals surface area contributed by atoms with Gasteiger partial charge in [0.25, 0.3) is 0 Å². The van der Waals surface area contributed by atoms with Crippen molar-refractivity contribution < 1.29 is 32.9 Å². The van der Waals surface area contributed by atoms with Crippen LogP contribution in [0.3, 0.4) is 0 Å². The highest BCUT2D eigenvalue weighted by atomic mass is 19.4. The first-order chi connectivity index (χ1) is 17.5. The van der Waals surface area contributed by atoms with Crippen LogP contribution in [0.4, 0.5) is 13.2 Å². The van der Waals surface area contributed by atoms with E-state index in [0.29, 0.717) is 18.6 Å². The zero-order valence-electron chi connectivity index (χ0n) is 20.4. The van der Waals surface area contributed by atoms with Crippen LogP contribution in [0.2, 0.25) is 0 Å². The molecule has 1 amide bonds. The third-order valence-corrected chi connectivity index (χ3v) is 8.71. The summed E-state index contributed by atoms with van der Waals surface area (Å²) in [5.74, 6) is -0.0596. The molecule has 2 aromatic rings. The number of benzene rings is 2. The zero-order chi connectivity index (χ0) is 26.3. The van der Waals surface area contributed by atoms with E-state index in [4.69, 9.17) is 4.74 Å². The van der Waals surface area contributed by atoms with Crippen LogP contribution in [0.1, 0.15) is 28.7 Å². The smallest absolute Gasteiger partial charge is 0.416 e. The molecule has 2 bridgehead atoms. The van der Waals surface area contributed by atoms with E-state index in [9.17, 15) is 28.2 Å². The predicted octanol–water partition coefficient (Wildman–Crippen LogP) is 3.51. The average molecular weight is 513 g/mol. The summed E-state index contributed by atoms with van der Waals surface area (Å²) in [5, 5.41) is 22.8. The van der Waals surface area contributed by atoms with Gasteiger partial charge in [0.05, 0.1) is 17.0 Å². The van der Waals surface area contributed by atoms with Crippen molar-refractivity contribution in [3.8, 4) is 11.5 Å². The third kappa shape index (κ3) is 3.23. The molecule has 6 rings (SSSR count). The number of carbonyl (C=O) groups excluding carboxylic acids is 1. The Morgan fingerprint density at radius 3 is 2.81 bits per heavy atom. The van der Waals surface area contributed by atoms with Gasteiger partial charge in [-0.3, -0.25) is 9.69 Å². The largest absolute Gasteiger partial charge is 0.504 e. The first-order valence-corrected chi connectivity index (χ1v) is 12.2. The number of ether oxygens (including phenoxy) is 1. The van der Waals surface area contributed by atoms with Gasteiger partial charge in [0.2, 0.25) is 5.91 Å². The van der Waals surface area contributed by atoms with Crippen LogP contribution < -0.4 is 4.74 Å². The molecule has 9 heteroatoms. The summed E-state index contributed by atoms with van der Waals surface area (Å²) in [6, 6.07) is 7.51. The number of rotatable bonds is 3. The van der Waals surface area contributed by atoms with Gasteiger partial charge in [-0.25, -0.2) is 0 Å². The topological polar surface area (TPSA) is 73.2 Å². The number of phenols is 1. The zero-order valence-corrected chi connectivity index (χ0v) is 20.4. The fraction of sp³-hybridized carbons (Fsp3) is 0.393. The number of phenolic OH excluding ortho intramolecular Hbond substituents is 1. The number of carbonyl (C=O) groups is 1. The SMILES string of the molecule is CN1CC[C@]23c4c5ccc(O)c4O[C@H]2[C@H](N(C)C(=O)C=Cc2cccc(C(F)(F)F)c2)C=C[C@@]3(O)[C@H]1C5. The van der Waals surface area contributed by atoms with Crippen molar-refractivity contribution in [3.05, 3.63) is 76.9 Å². The molecule has 37 heavy (non-hydrogen) atoms. The van der Waals surface area contributed by atoms with Gasteiger partial charge in [-0.1, -0.05) is 30.4 Å². The van der Waals surface area contributed by atoms with Crippen molar-refractivity contribution >= 4 is 12.0 Å². The molecule has 1 spiro atoms. The number of piperidine rings is 1. The molecular weight excluding hydrogens is 485 g/mol. The lowest BCUT2D eigenvalue weighted by Crippen LogP contribution is -2.76. The lowest BCUT2D eigenvalue weighted by Gasteiger charge is -2.62. The number of amides is 1. The highest BCUT2D eigenvalue weighted by molar-refractivity contribution is 5.92. The second kappa shape index (κ2) is 7.85. The molecule has 2 aliphatic heterocycles. The Morgan fingerprint density at radius 2 is 2.05 bits per heavy atom. The van der Waals surface area contributed by atoms with Crippen molar-refractivity contribution in [2.75, 3.05) is 20.6 Å². The van der Waals surface area contributed by atoms with Gasteiger partial charge < -0.3 is 19.8 Å². The number of halogens is 3. The van der Waals surface area contributed by atoms with Crippen LogP contribution >= 0.6 is 0 Å². The van der Waals surface area contributed by atoms with Crippen LogP contribution in [-0.2, 0) is 22.8 Å². The summed E-state index contributed by atoms with van der Waals surface area (Å²) in [5.41, 5.74) is -0.780. The lowest BCUT2D eigenvalue weighted by atomic mass is 9.50. The average Bonchev–Trinajstić information content (AvgIpc) is 3.21. The number of hydrogen-bond acceptors (Lipinski definition) is 5. The Hall–Kier alpha value is -3.30. The maximum absolute atomic E-state index is 13.2.